The zero-order valence-corrected chi connectivity index (χ0v) is 8.98. The molecule has 0 spiro atoms. The van der Waals surface area contributed by atoms with E-state index in [1.54, 1.807) is 29.2 Å². The highest BCUT2D eigenvalue weighted by molar-refractivity contribution is 5.99. The van der Waals surface area contributed by atoms with E-state index in [0.29, 0.717) is 37.2 Å². The Morgan fingerprint density at radius 3 is 2.44 bits per heavy atom. The number of amides is 1. The largest absolute Gasteiger partial charge is 0.398 e. The third-order valence-corrected chi connectivity index (χ3v) is 2.80. The molecule has 1 aromatic rings. The summed E-state index contributed by atoms with van der Waals surface area (Å²) in [4.78, 5) is 24.8. The Balaban J connectivity index is 2.14. The molecule has 4 heteroatoms. The molecule has 0 aliphatic carbocycles. The minimum Gasteiger partial charge on any atom is -0.398 e. The first-order valence-electron chi connectivity index (χ1n) is 5.34. The normalized spacial score (nSPS) is 16.2. The van der Waals surface area contributed by atoms with E-state index in [2.05, 4.69) is 0 Å². The number of carbonyl (C=O) groups excluding carboxylic acids is 2. The van der Waals surface area contributed by atoms with Crippen LogP contribution in [0.2, 0.25) is 0 Å². The fraction of sp³-hybridized carbons (Fsp3) is 0.333. The lowest BCUT2D eigenvalue weighted by Crippen LogP contribution is -2.38. The van der Waals surface area contributed by atoms with Crippen molar-refractivity contribution in [3.05, 3.63) is 29.8 Å². The van der Waals surface area contributed by atoms with Crippen LogP contribution in [0.4, 0.5) is 5.69 Å². The highest BCUT2D eigenvalue weighted by atomic mass is 16.2. The third-order valence-electron chi connectivity index (χ3n) is 2.80. The lowest BCUT2D eigenvalue weighted by Gasteiger charge is -2.26. The van der Waals surface area contributed by atoms with E-state index in [1.165, 1.54) is 0 Å². The number of para-hydroxylation sites is 1. The topological polar surface area (TPSA) is 63.4 Å². The predicted octanol–water partition coefficient (Wildman–Crippen LogP) is 1.07. The maximum atomic E-state index is 12.1. The first kappa shape index (κ1) is 10.7. The Bertz CT molecular complexity index is 419. The summed E-state index contributed by atoms with van der Waals surface area (Å²) in [6.45, 7) is 1.01. The van der Waals surface area contributed by atoms with Crippen molar-refractivity contribution >= 4 is 17.4 Å². The Kier molecular flexibility index (Phi) is 2.90. The average Bonchev–Trinajstić information content (AvgIpc) is 2.30. The number of nitrogen functional groups attached to an aromatic ring is 1. The van der Waals surface area contributed by atoms with Crippen LogP contribution in [0, 0.1) is 0 Å². The molecule has 0 bridgehead atoms. The molecule has 0 saturated carbocycles. The van der Waals surface area contributed by atoms with Gasteiger partial charge < -0.3 is 10.6 Å². The van der Waals surface area contributed by atoms with E-state index in [9.17, 15) is 9.59 Å². The molecule has 0 unspecified atom stereocenters. The van der Waals surface area contributed by atoms with Crippen LogP contribution in [-0.4, -0.2) is 29.7 Å². The van der Waals surface area contributed by atoms with E-state index in [1.807, 2.05) is 0 Å². The Labute approximate surface area is 94.0 Å². The lowest BCUT2D eigenvalue weighted by atomic mass is 10.1. The van der Waals surface area contributed by atoms with Gasteiger partial charge in [0, 0.05) is 31.6 Å². The van der Waals surface area contributed by atoms with E-state index >= 15 is 0 Å². The van der Waals surface area contributed by atoms with Crippen LogP contribution < -0.4 is 5.73 Å². The molecule has 16 heavy (non-hydrogen) atoms. The van der Waals surface area contributed by atoms with Gasteiger partial charge >= 0.3 is 0 Å². The molecule has 1 aliphatic heterocycles. The van der Waals surface area contributed by atoms with Crippen LogP contribution in [0.5, 0.6) is 0 Å². The van der Waals surface area contributed by atoms with Crippen molar-refractivity contribution in [1.82, 2.24) is 4.90 Å². The number of hydrogen-bond acceptors (Lipinski definition) is 3. The van der Waals surface area contributed by atoms with Crippen LogP contribution >= 0.6 is 0 Å². The van der Waals surface area contributed by atoms with Crippen molar-refractivity contribution in [2.45, 2.75) is 12.8 Å². The van der Waals surface area contributed by atoms with Crippen LogP contribution in [-0.2, 0) is 4.79 Å². The number of carbonyl (C=O) groups is 2. The molecule has 4 nitrogen and oxygen atoms in total. The van der Waals surface area contributed by atoms with Crippen LogP contribution in [0.3, 0.4) is 0 Å². The highest BCUT2D eigenvalue weighted by Crippen LogP contribution is 2.16. The fourth-order valence-corrected chi connectivity index (χ4v) is 1.82. The third kappa shape index (κ3) is 2.05. The maximum Gasteiger partial charge on any atom is 0.255 e. The van der Waals surface area contributed by atoms with Gasteiger partial charge in [-0.15, -0.1) is 0 Å². The van der Waals surface area contributed by atoms with E-state index in [0.717, 1.165) is 0 Å². The molecule has 0 aromatic heterocycles. The summed E-state index contributed by atoms with van der Waals surface area (Å²) < 4.78 is 0. The molecule has 1 heterocycles. The second-order valence-corrected chi connectivity index (χ2v) is 3.92. The summed E-state index contributed by atoms with van der Waals surface area (Å²) in [5.41, 5.74) is 6.76. The smallest absolute Gasteiger partial charge is 0.255 e. The maximum absolute atomic E-state index is 12.1. The van der Waals surface area contributed by atoms with Gasteiger partial charge in [0.05, 0.1) is 5.56 Å². The molecule has 1 amide bonds. The molecule has 84 valence electrons. The van der Waals surface area contributed by atoms with Crippen molar-refractivity contribution in [3.63, 3.8) is 0 Å². The van der Waals surface area contributed by atoms with Gasteiger partial charge in [-0.1, -0.05) is 12.1 Å². The zero-order valence-electron chi connectivity index (χ0n) is 8.98. The molecular formula is C12H14N2O2. The molecule has 1 aromatic carbocycles. The van der Waals surface area contributed by atoms with Crippen LogP contribution in [0.1, 0.15) is 23.2 Å². The van der Waals surface area contributed by atoms with Crippen LogP contribution in [0.25, 0.3) is 0 Å². The van der Waals surface area contributed by atoms with Crippen molar-refractivity contribution in [2.24, 2.45) is 0 Å². The van der Waals surface area contributed by atoms with Crippen molar-refractivity contribution in [2.75, 3.05) is 18.8 Å². The molecule has 1 saturated heterocycles. The standard InChI is InChI=1S/C12H14N2O2/c13-11-4-2-1-3-10(11)12(16)14-7-5-9(15)6-8-14/h1-4H,5-8,13H2. The van der Waals surface area contributed by atoms with E-state index in [-0.39, 0.29) is 11.7 Å². The minimum absolute atomic E-state index is 0.0781. The van der Waals surface area contributed by atoms with Crippen molar-refractivity contribution in [1.29, 1.82) is 0 Å². The van der Waals surface area contributed by atoms with Gasteiger partial charge in [-0.25, -0.2) is 0 Å². The second-order valence-electron chi connectivity index (χ2n) is 3.92. The summed E-state index contributed by atoms with van der Waals surface area (Å²) in [6, 6.07) is 7.01. The van der Waals surface area contributed by atoms with Crippen molar-refractivity contribution < 1.29 is 9.59 Å². The number of nitrogens with zero attached hydrogens (tertiary/aromatic N) is 1. The fourth-order valence-electron chi connectivity index (χ4n) is 1.82. The minimum atomic E-state index is -0.0781. The monoisotopic (exact) mass is 218 g/mol. The van der Waals surface area contributed by atoms with Gasteiger partial charge in [-0.05, 0) is 12.1 Å². The Morgan fingerprint density at radius 1 is 1.19 bits per heavy atom. The highest BCUT2D eigenvalue weighted by Gasteiger charge is 2.22. The number of piperidine rings is 1. The summed E-state index contributed by atoms with van der Waals surface area (Å²) in [5.74, 6) is 0.149. The molecule has 2 rings (SSSR count). The van der Waals surface area contributed by atoms with E-state index in [4.69, 9.17) is 5.73 Å². The number of anilines is 1. The molecule has 1 aliphatic rings. The number of rotatable bonds is 1. The predicted molar refractivity (Wildman–Crippen MR) is 61.0 cm³/mol. The quantitative estimate of drug-likeness (QED) is 0.717. The lowest BCUT2D eigenvalue weighted by molar-refractivity contribution is -0.120. The van der Waals surface area contributed by atoms with Gasteiger partial charge in [0.25, 0.3) is 5.91 Å². The van der Waals surface area contributed by atoms with Gasteiger partial charge in [-0.2, -0.15) is 0 Å². The molecule has 0 atom stereocenters. The molecule has 2 N–H and O–H groups in total. The molecule has 0 radical (unpaired) electrons. The second kappa shape index (κ2) is 4.35. The summed E-state index contributed by atoms with van der Waals surface area (Å²) in [7, 11) is 0. The Morgan fingerprint density at radius 2 is 1.81 bits per heavy atom. The number of likely N-dealkylation sites (tertiary alicyclic amines) is 1. The number of hydrogen-bond donors (Lipinski definition) is 1. The Hall–Kier alpha value is -1.84. The number of nitrogens with two attached hydrogens (primary N) is 1. The summed E-state index contributed by atoms with van der Waals surface area (Å²) >= 11 is 0. The number of Topliss-reactive ketones (excluding diaryl/α,β-unsaturated/α-hetero) is 1. The number of ketones is 1. The average molecular weight is 218 g/mol. The first-order valence-corrected chi connectivity index (χ1v) is 5.34. The number of benzene rings is 1. The summed E-state index contributed by atoms with van der Waals surface area (Å²) in [5, 5.41) is 0. The van der Waals surface area contributed by atoms with Crippen molar-refractivity contribution in [3.8, 4) is 0 Å². The van der Waals surface area contributed by atoms with Gasteiger partial charge in [0.15, 0.2) is 0 Å². The van der Waals surface area contributed by atoms with E-state index < -0.39 is 0 Å². The van der Waals surface area contributed by atoms with Gasteiger partial charge in [-0.3, -0.25) is 9.59 Å². The van der Waals surface area contributed by atoms with Gasteiger partial charge in [0.1, 0.15) is 5.78 Å². The summed E-state index contributed by atoms with van der Waals surface area (Å²) in [6.07, 6.45) is 0.914. The van der Waals surface area contributed by atoms with Crippen LogP contribution in [0.15, 0.2) is 24.3 Å². The molecular weight excluding hydrogens is 204 g/mol. The molecule has 1 fully saturated rings. The zero-order chi connectivity index (χ0) is 11.5. The van der Waals surface area contributed by atoms with Gasteiger partial charge in [0.2, 0.25) is 0 Å². The first-order chi connectivity index (χ1) is 7.68. The SMILES string of the molecule is Nc1ccccc1C(=O)N1CCC(=O)CC1.